The van der Waals surface area contributed by atoms with Gasteiger partial charge in [-0.05, 0) is 87.1 Å². The van der Waals surface area contributed by atoms with Crippen LogP contribution in [0.2, 0.25) is 0 Å². The van der Waals surface area contributed by atoms with Gasteiger partial charge in [0.2, 0.25) is 11.8 Å². The van der Waals surface area contributed by atoms with Crippen LogP contribution in [-0.4, -0.2) is 28.7 Å². The lowest BCUT2D eigenvalue weighted by molar-refractivity contribution is -0.147. The molecule has 0 spiro atoms. The summed E-state index contributed by atoms with van der Waals surface area (Å²) < 4.78 is 5.93. The van der Waals surface area contributed by atoms with Gasteiger partial charge in [0.05, 0.1) is 11.8 Å². The zero-order valence-corrected chi connectivity index (χ0v) is 22.8. The van der Waals surface area contributed by atoms with Crippen LogP contribution in [0.4, 0.5) is 11.4 Å². The van der Waals surface area contributed by atoms with Gasteiger partial charge < -0.3 is 20.5 Å². The van der Waals surface area contributed by atoms with E-state index >= 15 is 0 Å². The molecule has 3 saturated carbocycles. The molecule has 2 aromatic rings. The molecule has 2 aromatic carbocycles. The number of ketones is 1. The highest BCUT2D eigenvalue weighted by atomic mass is 16.5. The van der Waals surface area contributed by atoms with Gasteiger partial charge in [-0.25, -0.2) is 0 Å². The predicted molar refractivity (Wildman–Crippen MR) is 151 cm³/mol. The molecule has 0 radical (unpaired) electrons. The van der Waals surface area contributed by atoms with E-state index in [-0.39, 0.29) is 29.6 Å². The molecule has 3 aliphatic carbocycles. The van der Waals surface area contributed by atoms with E-state index in [1.54, 1.807) is 48.5 Å². The number of carboxylic acids is 1. The van der Waals surface area contributed by atoms with Crippen molar-refractivity contribution in [3.05, 3.63) is 48.5 Å². The number of anilines is 2. The molecule has 0 bridgehead atoms. The van der Waals surface area contributed by atoms with Gasteiger partial charge in [-0.1, -0.05) is 32.1 Å². The molecule has 0 aliphatic heterocycles. The van der Waals surface area contributed by atoms with E-state index in [1.807, 2.05) is 0 Å². The summed E-state index contributed by atoms with van der Waals surface area (Å²) in [5.41, 5.74) is 1.25. The number of carbonyl (C=O) groups is 4. The van der Waals surface area contributed by atoms with Crippen molar-refractivity contribution in [2.24, 2.45) is 29.6 Å². The van der Waals surface area contributed by atoms with Crippen LogP contribution in [0.1, 0.15) is 70.6 Å². The van der Waals surface area contributed by atoms with Crippen molar-refractivity contribution in [3.63, 3.8) is 0 Å². The van der Waals surface area contributed by atoms with Crippen LogP contribution in [0.15, 0.2) is 48.5 Å². The first kappa shape index (κ1) is 27.9. The number of aliphatic carboxylic acids is 1. The molecule has 212 valence electrons. The summed E-state index contributed by atoms with van der Waals surface area (Å²) in [6, 6.07) is 14.1. The minimum absolute atomic E-state index is 0.0772. The van der Waals surface area contributed by atoms with Gasteiger partial charge in [0, 0.05) is 29.1 Å². The first-order valence-corrected chi connectivity index (χ1v) is 14.7. The van der Waals surface area contributed by atoms with Crippen LogP contribution >= 0.6 is 0 Å². The Labute approximate surface area is 234 Å². The molecule has 5 rings (SSSR count). The third-order valence-electron chi connectivity index (χ3n) is 8.88. The molecule has 2 amide bonds. The quantitative estimate of drug-likeness (QED) is 0.334. The maximum atomic E-state index is 13.1. The minimum Gasteiger partial charge on any atom is -0.481 e. The number of carboxylic acid groups (broad SMARTS) is 1. The molecule has 0 heterocycles. The van der Waals surface area contributed by atoms with Crippen molar-refractivity contribution in [1.82, 2.24) is 0 Å². The van der Waals surface area contributed by atoms with Crippen LogP contribution < -0.4 is 15.4 Å². The summed E-state index contributed by atoms with van der Waals surface area (Å²) in [5.74, 6) is -1.20. The molecule has 8 nitrogen and oxygen atoms in total. The summed E-state index contributed by atoms with van der Waals surface area (Å²) in [6.45, 7) is 0. The molecule has 4 atom stereocenters. The molecule has 4 unspecified atom stereocenters. The summed E-state index contributed by atoms with van der Waals surface area (Å²) in [4.78, 5) is 50.2. The van der Waals surface area contributed by atoms with E-state index in [2.05, 4.69) is 10.6 Å². The van der Waals surface area contributed by atoms with Crippen LogP contribution in [0.5, 0.6) is 11.5 Å². The monoisotopic (exact) mass is 546 g/mol. The predicted octanol–water partition coefficient (Wildman–Crippen LogP) is 6.42. The summed E-state index contributed by atoms with van der Waals surface area (Å²) in [7, 11) is 0. The third kappa shape index (κ3) is 6.54. The van der Waals surface area contributed by atoms with E-state index in [1.165, 1.54) is 0 Å². The molecule has 3 fully saturated rings. The minimum atomic E-state index is -0.911. The number of Topliss-reactive ketones (excluding diaryl/α,β-unsaturated/α-hetero) is 1. The Hall–Kier alpha value is -3.68. The zero-order valence-electron chi connectivity index (χ0n) is 22.8. The first-order valence-electron chi connectivity index (χ1n) is 14.7. The van der Waals surface area contributed by atoms with Crippen molar-refractivity contribution in [2.75, 3.05) is 10.6 Å². The highest BCUT2D eigenvalue weighted by Gasteiger charge is 2.40. The largest absolute Gasteiger partial charge is 0.481 e. The Morgan fingerprint density at radius 2 is 1.00 bits per heavy atom. The van der Waals surface area contributed by atoms with Gasteiger partial charge in [0.1, 0.15) is 17.3 Å². The van der Waals surface area contributed by atoms with E-state index in [4.69, 9.17) is 4.74 Å². The van der Waals surface area contributed by atoms with Crippen LogP contribution in [-0.2, 0) is 19.2 Å². The first-order chi connectivity index (χ1) is 19.4. The average Bonchev–Trinajstić information content (AvgIpc) is 2.94. The van der Waals surface area contributed by atoms with Gasteiger partial charge in [-0.2, -0.15) is 0 Å². The number of amides is 2. The van der Waals surface area contributed by atoms with Gasteiger partial charge in [0.25, 0.3) is 0 Å². The van der Waals surface area contributed by atoms with Gasteiger partial charge in [-0.15, -0.1) is 0 Å². The topological polar surface area (TPSA) is 122 Å². The van der Waals surface area contributed by atoms with Gasteiger partial charge >= 0.3 is 5.97 Å². The highest BCUT2D eigenvalue weighted by Crippen LogP contribution is 2.38. The smallest absolute Gasteiger partial charge is 0.307 e. The van der Waals surface area contributed by atoms with Crippen LogP contribution in [0.3, 0.4) is 0 Å². The highest BCUT2D eigenvalue weighted by molar-refractivity contribution is 5.97. The van der Waals surface area contributed by atoms with Crippen molar-refractivity contribution < 1.29 is 29.0 Å². The molecule has 0 aromatic heterocycles. The molecule has 40 heavy (non-hydrogen) atoms. The third-order valence-corrected chi connectivity index (χ3v) is 8.88. The summed E-state index contributed by atoms with van der Waals surface area (Å²) in [6.07, 6.45) is 9.42. The second-order valence-electron chi connectivity index (χ2n) is 11.5. The maximum Gasteiger partial charge on any atom is 0.307 e. The normalized spacial score (nSPS) is 24.8. The molecule has 3 aliphatic rings. The number of hydrogen-bond acceptors (Lipinski definition) is 5. The number of benzene rings is 2. The Bertz CT molecular complexity index is 1220. The summed E-state index contributed by atoms with van der Waals surface area (Å²) in [5, 5.41) is 15.3. The molecular weight excluding hydrogens is 508 g/mol. The number of carbonyl (C=O) groups excluding carboxylic acids is 3. The number of nitrogens with one attached hydrogen (secondary N) is 2. The Morgan fingerprint density at radius 3 is 1.43 bits per heavy atom. The number of ether oxygens (including phenoxy) is 1. The van der Waals surface area contributed by atoms with Crippen LogP contribution in [0.25, 0.3) is 0 Å². The molecule has 3 N–H and O–H groups in total. The van der Waals surface area contributed by atoms with Crippen molar-refractivity contribution in [1.29, 1.82) is 0 Å². The van der Waals surface area contributed by atoms with Crippen molar-refractivity contribution >= 4 is 34.9 Å². The second kappa shape index (κ2) is 12.7. The average molecular weight is 547 g/mol. The van der Waals surface area contributed by atoms with E-state index in [9.17, 15) is 24.3 Å². The second-order valence-corrected chi connectivity index (χ2v) is 11.5. The van der Waals surface area contributed by atoms with E-state index in [0.29, 0.717) is 41.5 Å². The standard InChI is InChI=1S/C32H38N2O6/c35-29(20-6-5-7-20)25-8-1-2-9-26(25)30(36)33-21-12-16-23(17-13-21)40-24-18-14-22(15-19-24)34-31(37)27-10-3-4-11-28(27)32(38)39/h12-20,25-28H,1-11H2,(H,33,36)(H,34,37)(H,38,39). The lowest BCUT2D eigenvalue weighted by Gasteiger charge is -2.34. The fraction of sp³-hybridized carbons (Fsp3) is 0.500. The van der Waals surface area contributed by atoms with E-state index < -0.39 is 17.8 Å². The lowest BCUT2D eigenvalue weighted by Crippen LogP contribution is -2.40. The van der Waals surface area contributed by atoms with E-state index in [0.717, 1.165) is 57.8 Å². The van der Waals surface area contributed by atoms with Gasteiger partial charge in [0.15, 0.2) is 0 Å². The SMILES string of the molecule is O=C(O)C1CCCCC1C(=O)Nc1ccc(Oc2ccc(NC(=O)C3CCCCC3C(=O)C3CCC3)cc2)cc1. The Balaban J connectivity index is 1.14. The number of rotatable bonds is 9. The molecule has 8 heteroatoms. The number of hydrogen-bond donors (Lipinski definition) is 3. The van der Waals surface area contributed by atoms with Gasteiger partial charge in [-0.3, -0.25) is 19.2 Å². The fourth-order valence-corrected chi connectivity index (χ4v) is 6.34. The zero-order chi connectivity index (χ0) is 28.1. The van der Waals surface area contributed by atoms with Crippen molar-refractivity contribution in [3.8, 4) is 11.5 Å². The lowest BCUT2D eigenvalue weighted by atomic mass is 9.69. The van der Waals surface area contributed by atoms with Crippen LogP contribution in [0, 0.1) is 29.6 Å². The molecular formula is C32H38N2O6. The Morgan fingerprint density at radius 1 is 0.575 bits per heavy atom. The maximum absolute atomic E-state index is 13.1. The molecule has 0 saturated heterocycles. The summed E-state index contributed by atoms with van der Waals surface area (Å²) >= 11 is 0. The fourth-order valence-electron chi connectivity index (χ4n) is 6.34. The van der Waals surface area contributed by atoms with Crippen molar-refractivity contribution in [2.45, 2.75) is 70.6 Å². The Kier molecular flexibility index (Phi) is 8.82.